The van der Waals surface area contributed by atoms with Crippen LogP contribution >= 0.6 is 11.6 Å². The zero-order valence-corrected chi connectivity index (χ0v) is 13.9. The highest BCUT2D eigenvalue weighted by Crippen LogP contribution is 2.34. The highest BCUT2D eigenvalue weighted by Gasteiger charge is 2.31. The molecule has 2 aromatic carbocycles. The van der Waals surface area contributed by atoms with Crippen molar-refractivity contribution in [3.8, 4) is 0 Å². The summed E-state index contributed by atoms with van der Waals surface area (Å²) in [5.41, 5.74) is 1.62. The van der Waals surface area contributed by atoms with Gasteiger partial charge < -0.3 is 10.3 Å². The number of rotatable bonds is 3. The number of para-hydroxylation sites is 1. The molecule has 0 radical (unpaired) electrons. The van der Waals surface area contributed by atoms with Crippen molar-refractivity contribution in [1.82, 2.24) is 4.98 Å². The van der Waals surface area contributed by atoms with Crippen LogP contribution in [0.5, 0.6) is 0 Å². The number of H-pyrrole nitrogens is 1. The van der Waals surface area contributed by atoms with E-state index in [-0.39, 0.29) is 17.1 Å². The summed E-state index contributed by atoms with van der Waals surface area (Å²) in [5.74, 6) is -0.436. The van der Waals surface area contributed by atoms with E-state index in [1.807, 2.05) is 31.2 Å². The third-order valence-corrected chi connectivity index (χ3v) is 4.26. The summed E-state index contributed by atoms with van der Waals surface area (Å²) >= 11 is 5.91. The molecule has 0 aliphatic carbocycles. The van der Waals surface area contributed by atoms with Crippen molar-refractivity contribution in [1.29, 1.82) is 0 Å². The van der Waals surface area contributed by atoms with E-state index in [1.165, 1.54) is 0 Å². The number of carbonyl (C=O) groups excluding carboxylic acids is 1. The van der Waals surface area contributed by atoms with E-state index < -0.39 is 17.6 Å². The Morgan fingerprint density at radius 2 is 1.92 bits per heavy atom. The molecule has 1 aromatic heterocycles. The fourth-order valence-corrected chi connectivity index (χ4v) is 2.88. The summed E-state index contributed by atoms with van der Waals surface area (Å²) in [4.78, 5) is 15.5. The molecule has 3 nitrogen and oxygen atoms in total. The molecule has 0 atom stereocenters. The van der Waals surface area contributed by atoms with E-state index in [2.05, 4.69) is 10.3 Å². The minimum Gasteiger partial charge on any atom is -0.358 e. The molecule has 0 unspecified atom stereocenters. The van der Waals surface area contributed by atoms with Gasteiger partial charge in [-0.25, -0.2) is 0 Å². The number of aryl methyl sites for hydroxylation is 1. The summed E-state index contributed by atoms with van der Waals surface area (Å²) in [6.45, 7) is 1.85. The minimum absolute atomic E-state index is 0.0302. The molecule has 3 rings (SSSR count). The summed E-state index contributed by atoms with van der Waals surface area (Å²) in [7, 11) is 0. The van der Waals surface area contributed by atoms with Crippen molar-refractivity contribution in [2.75, 3.05) is 5.32 Å². The van der Waals surface area contributed by atoms with Crippen molar-refractivity contribution < 1.29 is 18.0 Å². The first kappa shape index (κ1) is 17.4. The highest BCUT2D eigenvalue weighted by molar-refractivity contribution is 6.33. The molecule has 7 heteroatoms. The summed E-state index contributed by atoms with van der Waals surface area (Å²) in [6.07, 6.45) is -4.47. The second-order valence-corrected chi connectivity index (χ2v) is 6.10. The average molecular weight is 367 g/mol. The van der Waals surface area contributed by atoms with Crippen LogP contribution in [0, 0.1) is 6.92 Å². The maximum absolute atomic E-state index is 12.8. The predicted octanol–water partition coefficient (Wildman–Crippen LogP) is 5.33. The Morgan fingerprint density at radius 1 is 1.20 bits per heavy atom. The van der Waals surface area contributed by atoms with Gasteiger partial charge in [0.05, 0.1) is 22.7 Å². The topological polar surface area (TPSA) is 44.9 Å². The third-order valence-electron chi connectivity index (χ3n) is 3.93. The number of fused-ring (bicyclic) bond motifs is 1. The molecule has 0 fully saturated rings. The number of aromatic nitrogens is 1. The number of hydrogen-bond donors (Lipinski definition) is 2. The molecule has 0 aliphatic heterocycles. The second-order valence-electron chi connectivity index (χ2n) is 5.69. The number of hydrogen-bond acceptors (Lipinski definition) is 1. The first-order valence-electron chi connectivity index (χ1n) is 7.48. The lowest BCUT2D eigenvalue weighted by atomic mass is 10.1. The highest BCUT2D eigenvalue weighted by atomic mass is 35.5. The predicted molar refractivity (Wildman–Crippen MR) is 91.8 cm³/mol. The lowest BCUT2D eigenvalue weighted by Gasteiger charge is -2.12. The van der Waals surface area contributed by atoms with E-state index >= 15 is 0 Å². The van der Waals surface area contributed by atoms with Crippen LogP contribution in [0.4, 0.5) is 18.9 Å². The van der Waals surface area contributed by atoms with Gasteiger partial charge >= 0.3 is 6.18 Å². The zero-order valence-electron chi connectivity index (χ0n) is 13.2. The standard InChI is InChI=1S/C18H14ClF3N2O/c1-10-13(12-4-2-3-5-15(12)23-10)9-17(25)24-16-8-11(18(20,21)22)6-7-14(16)19/h2-8,23H,9H2,1H3,(H,24,25). The van der Waals surface area contributed by atoms with Gasteiger partial charge in [0, 0.05) is 16.6 Å². The van der Waals surface area contributed by atoms with Gasteiger partial charge in [-0.15, -0.1) is 0 Å². The average Bonchev–Trinajstić information content (AvgIpc) is 2.84. The van der Waals surface area contributed by atoms with Crippen molar-refractivity contribution in [3.63, 3.8) is 0 Å². The maximum atomic E-state index is 12.8. The SMILES string of the molecule is Cc1[nH]c2ccccc2c1CC(=O)Nc1cc(C(F)(F)F)ccc1Cl. The van der Waals surface area contributed by atoms with Gasteiger partial charge in [0.25, 0.3) is 0 Å². The van der Waals surface area contributed by atoms with Crippen LogP contribution in [0.25, 0.3) is 10.9 Å². The number of anilines is 1. The number of aromatic amines is 1. The lowest BCUT2D eigenvalue weighted by molar-refractivity contribution is -0.137. The third kappa shape index (κ3) is 3.64. The summed E-state index contributed by atoms with van der Waals surface area (Å²) < 4.78 is 38.4. The molecule has 130 valence electrons. The van der Waals surface area contributed by atoms with E-state index in [0.29, 0.717) is 0 Å². The normalized spacial score (nSPS) is 11.7. The van der Waals surface area contributed by atoms with Crippen LogP contribution in [-0.4, -0.2) is 10.9 Å². The van der Waals surface area contributed by atoms with Gasteiger partial charge in [-0.1, -0.05) is 29.8 Å². The van der Waals surface area contributed by atoms with Crippen LogP contribution in [0.2, 0.25) is 5.02 Å². The number of halogens is 4. The van der Waals surface area contributed by atoms with E-state index in [9.17, 15) is 18.0 Å². The van der Waals surface area contributed by atoms with Crippen molar-refractivity contribution in [3.05, 3.63) is 64.3 Å². The molecule has 0 spiro atoms. The quantitative estimate of drug-likeness (QED) is 0.646. The number of alkyl halides is 3. The summed E-state index contributed by atoms with van der Waals surface area (Å²) in [6, 6.07) is 10.4. The number of amides is 1. The number of benzene rings is 2. The molecule has 0 saturated carbocycles. The molecule has 0 bridgehead atoms. The van der Waals surface area contributed by atoms with Gasteiger partial charge in [0.2, 0.25) is 5.91 Å². The van der Waals surface area contributed by atoms with Crippen LogP contribution in [-0.2, 0) is 17.4 Å². The summed E-state index contributed by atoms with van der Waals surface area (Å²) in [5, 5.41) is 3.43. The van der Waals surface area contributed by atoms with E-state index in [4.69, 9.17) is 11.6 Å². The minimum atomic E-state index is -4.50. The fourth-order valence-electron chi connectivity index (χ4n) is 2.71. The van der Waals surface area contributed by atoms with Crippen LogP contribution in [0.15, 0.2) is 42.5 Å². The lowest BCUT2D eigenvalue weighted by Crippen LogP contribution is -2.16. The van der Waals surface area contributed by atoms with Gasteiger partial charge in [-0.05, 0) is 36.8 Å². The molecule has 1 heterocycles. The largest absolute Gasteiger partial charge is 0.416 e. The Balaban J connectivity index is 1.84. The van der Waals surface area contributed by atoms with Crippen LogP contribution in [0.1, 0.15) is 16.8 Å². The number of carbonyl (C=O) groups is 1. The Kier molecular flexibility index (Phi) is 4.47. The Hall–Kier alpha value is -2.47. The second kappa shape index (κ2) is 6.44. The molecule has 2 N–H and O–H groups in total. The van der Waals surface area contributed by atoms with E-state index in [1.54, 1.807) is 0 Å². The van der Waals surface area contributed by atoms with E-state index in [0.717, 1.165) is 40.4 Å². The van der Waals surface area contributed by atoms with Crippen molar-refractivity contribution in [2.24, 2.45) is 0 Å². The van der Waals surface area contributed by atoms with Crippen LogP contribution < -0.4 is 5.32 Å². The first-order chi connectivity index (χ1) is 11.8. The molecule has 0 saturated heterocycles. The smallest absolute Gasteiger partial charge is 0.358 e. The maximum Gasteiger partial charge on any atom is 0.416 e. The fraction of sp³-hybridized carbons (Fsp3) is 0.167. The molecule has 0 aliphatic rings. The van der Waals surface area contributed by atoms with Gasteiger partial charge in [-0.2, -0.15) is 13.2 Å². The Bertz CT molecular complexity index is 947. The first-order valence-corrected chi connectivity index (χ1v) is 7.86. The van der Waals surface area contributed by atoms with Gasteiger partial charge in [-0.3, -0.25) is 4.79 Å². The molecular weight excluding hydrogens is 353 g/mol. The zero-order chi connectivity index (χ0) is 18.2. The van der Waals surface area contributed by atoms with Gasteiger partial charge in [0.15, 0.2) is 0 Å². The van der Waals surface area contributed by atoms with Crippen molar-refractivity contribution in [2.45, 2.75) is 19.5 Å². The molecule has 3 aromatic rings. The monoisotopic (exact) mass is 366 g/mol. The number of nitrogens with one attached hydrogen (secondary N) is 2. The Labute approximate surface area is 146 Å². The van der Waals surface area contributed by atoms with Crippen molar-refractivity contribution >= 4 is 34.1 Å². The molecule has 1 amide bonds. The molecular formula is C18H14ClF3N2O. The van der Waals surface area contributed by atoms with Crippen LogP contribution in [0.3, 0.4) is 0 Å². The Morgan fingerprint density at radius 3 is 2.64 bits per heavy atom. The molecule has 25 heavy (non-hydrogen) atoms. The van der Waals surface area contributed by atoms with Gasteiger partial charge in [0.1, 0.15) is 0 Å².